The average Bonchev–Trinajstić information content (AvgIpc) is 2.05. The molecule has 5 fully saturated rings. The third-order valence-corrected chi connectivity index (χ3v) is 20.6. The maximum absolute atomic E-state index is 2.65. The van der Waals surface area contributed by atoms with Gasteiger partial charge in [0.15, 0.2) is 0 Å². The Labute approximate surface area is 446 Å². The first-order valence-corrected chi connectivity index (χ1v) is 28.6. The molecule has 0 N–H and O–H groups in total. The smallest absolute Gasteiger partial charge is 0.0619 e. The molecular weight excluding hydrogens is 917 g/mol. The summed E-state index contributed by atoms with van der Waals surface area (Å²) in [6, 6.07) is 85.9. The van der Waals surface area contributed by atoms with Crippen LogP contribution in [0.1, 0.15) is 80.4 Å². The van der Waals surface area contributed by atoms with E-state index in [1.54, 1.807) is 11.1 Å². The first-order chi connectivity index (χ1) is 37.7. The monoisotopic (exact) mass is 976 g/mol. The average molecular weight is 977 g/mol. The quantitative estimate of drug-likeness (QED) is 0.147. The highest BCUT2D eigenvalue weighted by atomic mass is 15.1. The lowest BCUT2D eigenvalue weighted by Crippen LogP contribution is -2.73. The summed E-state index contributed by atoms with van der Waals surface area (Å²) < 4.78 is 2.46. The maximum atomic E-state index is 2.65. The fraction of sp³-hybridized carbons (Fsp3) is 0.216. The lowest BCUT2D eigenvalue weighted by molar-refractivity contribution is -0.231. The van der Waals surface area contributed by atoms with Gasteiger partial charge < -0.3 is 9.47 Å². The zero-order chi connectivity index (χ0) is 49.7. The van der Waals surface area contributed by atoms with E-state index >= 15 is 0 Å². The van der Waals surface area contributed by atoms with E-state index in [2.05, 4.69) is 234 Å². The molecule has 6 unspecified atom stereocenters. The van der Waals surface area contributed by atoms with Gasteiger partial charge in [-0.05, 0) is 189 Å². The highest BCUT2D eigenvalue weighted by Crippen LogP contribution is 2.89. The molecule has 0 saturated heterocycles. The fourth-order valence-electron chi connectivity index (χ4n) is 17.9. The predicted octanol–water partition coefficient (Wildman–Crippen LogP) is 19.8. The Bertz CT molecular complexity index is 4150. The summed E-state index contributed by atoms with van der Waals surface area (Å²) in [5.74, 6) is 4.08. The molecule has 2 heteroatoms. The minimum atomic E-state index is 0.178. The Balaban J connectivity index is 0.833. The Morgan fingerprint density at radius 2 is 1.14 bits per heavy atom. The predicted molar refractivity (Wildman–Crippen MR) is 316 cm³/mol. The SMILES string of the molecule is c1ccc(-n2c3ccccc3c3cccc(-c4cccc(N(c5ccc(-c6ccc7c(c6)C6(c8ccccc8-7)C7CC8CC9CC6C97C8)cc5)c5ccccc5-c5cccc6cccc(C7CCCCC7)c56)c4)c32)cc1. The van der Waals surface area contributed by atoms with Gasteiger partial charge in [0.2, 0.25) is 0 Å². The van der Waals surface area contributed by atoms with Gasteiger partial charge in [-0.3, -0.25) is 0 Å². The van der Waals surface area contributed by atoms with Crippen LogP contribution in [0.15, 0.2) is 224 Å². The number of hydrogen-bond donors (Lipinski definition) is 0. The van der Waals surface area contributed by atoms with Crippen LogP contribution in [-0.4, -0.2) is 4.57 Å². The van der Waals surface area contributed by atoms with Crippen LogP contribution in [0.5, 0.6) is 0 Å². The van der Waals surface area contributed by atoms with Crippen LogP contribution in [0.25, 0.3) is 82.8 Å². The zero-order valence-electron chi connectivity index (χ0n) is 43.0. The highest BCUT2D eigenvalue weighted by molar-refractivity contribution is 6.14. The number of benzene rings is 10. The largest absolute Gasteiger partial charge is 0.310 e. The van der Waals surface area contributed by atoms with Crippen molar-refractivity contribution in [3.05, 3.63) is 241 Å². The van der Waals surface area contributed by atoms with Gasteiger partial charge in [0, 0.05) is 44.4 Å². The van der Waals surface area contributed by atoms with Crippen LogP contribution in [-0.2, 0) is 5.41 Å². The topological polar surface area (TPSA) is 8.17 Å². The second kappa shape index (κ2) is 16.3. The molecule has 1 aromatic heterocycles. The lowest BCUT2D eigenvalue weighted by Gasteiger charge is -2.76. The van der Waals surface area contributed by atoms with Gasteiger partial charge in [0.05, 0.1) is 16.7 Å². The summed E-state index contributed by atoms with van der Waals surface area (Å²) in [5, 5.41) is 5.25. The number of fused-ring (bicyclic) bond motifs is 12. The van der Waals surface area contributed by atoms with Crippen LogP contribution in [0.3, 0.4) is 0 Å². The van der Waals surface area contributed by atoms with Gasteiger partial charge in [-0.25, -0.2) is 0 Å². The van der Waals surface area contributed by atoms with Crippen LogP contribution in [0.2, 0.25) is 0 Å². The van der Waals surface area contributed by atoms with Crippen molar-refractivity contribution in [2.45, 2.75) is 69.1 Å². The molecular formula is C74H60N2. The summed E-state index contributed by atoms with van der Waals surface area (Å²) in [4.78, 5) is 2.54. The molecule has 2 bridgehead atoms. The Hall–Kier alpha value is -7.94. The van der Waals surface area contributed by atoms with Crippen molar-refractivity contribution in [3.63, 3.8) is 0 Å². The van der Waals surface area contributed by atoms with E-state index in [0.29, 0.717) is 11.3 Å². The van der Waals surface area contributed by atoms with E-state index in [1.165, 1.54) is 146 Å². The van der Waals surface area contributed by atoms with Crippen LogP contribution < -0.4 is 4.90 Å². The maximum Gasteiger partial charge on any atom is 0.0619 e. The van der Waals surface area contributed by atoms with Crippen LogP contribution in [0.4, 0.5) is 17.1 Å². The molecule has 0 amide bonds. The number of aromatic nitrogens is 1. The van der Waals surface area contributed by atoms with E-state index in [-0.39, 0.29) is 5.41 Å². The summed E-state index contributed by atoms with van der Waals surface area (Å²) in [6.45, 7) is 0. The minimum absolute atomic E-state index is 0.178. The van der Waals surface area contributed by atoms with E-state index in [4.69, 9.17) is 0 Å². The molecule has 2 nitrogen and oxygen atoms in total. The van der Waals surface area contributed by atoms with Crippen molar-refractivity contribution in [1.29, 1.82) is 0 Å². The third-order valence-electron chi connectivity index (χ3n) is 20.6. The first-order valence-electron chi connectivity index (χ1n) is 28.6. The Morgan fingerprint density at radius 3 is 2.03 bits per heavy atom. The Morgan fingerprint density at radius 1 is 0.447 bits per heavy atom. The van der Waals surface area contributed by atoms with Crippen molar-refractivity contribution >= 4 is 49.6 Å². The van der Waals surface area contributed by atoms with E-state index in [1.807, 2.05) is 0 Å². The zero-order valence-corrected chi connectivity index (χ0v) is 43.0. The second-order valence-electron chi connectivity index (χ2n) is 23.8. The molecule has 5 saturated carbocycles. The van der Waals surface area contributed by atoms with Gasteiger partial charge >= 0.3 is 0 Å². The van der Waals surface area contributed by atoms with E-state index in [9.17, 15) is 0 Å². The van der Waals surface area contributed by atoms with Crippen molar-refractivity contribution in [2.75, 3.05) is 4.90 Å². The standard InChI is InChI=1S/C74H60N2/c1-3-17-49(18-4-1)57-28-14-19-50-20-15-30-63(71(50)57)61-26-8-11-33-67(61)75(56-24-13-21-52(43-56)58-29-16-31-64-62-27-9-12-34-68(62)76(72(58)64)54-22-5-2-6-23-54)55-38-35-48(36-39-55)51-37-40-60-59-25-7-10-32-65(59)74(66(60)44-51)69-42-47-41-53-45-70(74)73(53,69)46-47/h2,5-16,19-40,43-44,47,49,53,69-70H,1,3-4,17-18,41-42,45-46H2. The molecule has 6 aliphatic carbocycles. The van der Waals surface area contributed by atoms with Crippen molar-refractivity contribution in [3.8, 4) is 50.2 Å². The third kappa shape index (κ3) is 5.83. The lowest BCUT2D eigenvalue weighted by atomic mass is 9.27. The molecule has 2 spiro atoms. The number of hydrogen-bond acceptors (Lipinski definition) is 1. The van der Waals surface area contributed by atoms with Crippen molar-refractivity contribution < 1.29 is 0 Å². The molecule has 17 rings (SSSR count). The minimum Gasteiger partial charge on any atom is -0.310 e. The molecule has 366 valence electrons. The second-order valence-corrected chi connectivity index (χ2v) is 23.8. The summed E-state index contributed by atoms with van der Waals surface area (Å²) in [7, 11) is 0. The number of rotatable bonds is 8. The molecule has 0 aliphatic heterocycles. The number of nitrogens with zero attached hydrogens (tertiary/aromatic N) is 2. The first kappa shape index (κ1) is 43.3. The van der Waals surface area contributed by atoms with Crippen LogP contribution >= 0.6 is 0 Å². The van der Waals surface area contributed by atoms with Gasteiger partial charge in [0.1, 0.15) is 0 Å². The van der Waals surface area contributed by atoms with Gasteiger partial charge in [-0.2, -0.15) is 0 Å². The van der Waals surface area contributed by atoms with Gasteiger partial charge in [-0.15, -0.1) is 0 Å². The summed E-state index contributed by atoms with van der Waals surface area (Å²) >= 11 is 0. The van der Waals surface area contributed by atoms with E-state index in [0.717, 1.165) is 40.7 Å². The van der Waals surface area contributed by atoms with Crippen molar-refractivity contribution in [1.82, 2.24) is 4.57 Å². The molecule has 76 heavy (non-hydrogen) atoms. The number of anilines is 3. The molecule has 0 radical (unpaired) electrons. The normalized spacial score (nSPS) is 23.6. The molecule has 6 aliphatic rings. The van der Waals surface area contributed by atoms with Gasteiger partial charge in [-0.1, -0.05) is 189 Å². The highest BCUT2D eigenvalue weighted by Gasteiger charge is 2.84. The Kier molecular flexibility index (Phi) is 9.28. The summed E-state index contributed by atoms with van der Waals surface area (Å²) in [6.07, 6.45) is 12.3. The van der Waals surface area contributed by atoms with Crippen molar-refractivity contribution in [2.24, 2.45) is 29.1 Å². The molecule has 1 heterocycles. The molecule has 6 atom stereocenters. The molecule has 11 aromatic rings. The summed E-state index contributed by atoms with van der Waals surface area (Å²) in [5.41, 5.74) is 23.2. The fourth-order valence-corrected chi connectivity index (χ4v) is 17.9. The van der Waals surface area contributed by atoms with Crippen LogP contribution in [0, 0.1) is 29.1 Å². The van der Waals surface area contributed by atoms with E-state index < -0.39 is 0 Å². The molecule has 10 aromatic carbocycles. The number of para-hydroxylation sites is 4. The van der Waals surface area contributed by atoms with Gasteiger partial charge in [0.25, 0.3) is 0 Å².